The fraction of sp³-hybridized carbons (Fsp3) is 0.385. The van der Waals surface area contributed by atoms with E-state index < -0.39 is 55.6 Å². The maximum atomic E-state index is 12.2. The van der Waals surface area contributed by atoms with Crippen LogP contribution < -0.4 is 10.5 Å². The summed E-state index contributed by atoms with van der Waals surface area (Å²) in [5, 5.41) is 8.87. The predicted octanol–water partition coefficient (Wildman–Crippen LogP) is 0.147. The quantitative estimate of drug-likeness (QED) is 0.121. The molecule has 0 saturated carbocycles. The topological polar surface area (TPSA) is 198 Å². The Labute approximate surface area is 187 Å². The SMILES string of the molecule is NC(Cc1cc(I)c(OC(=O)C(CS(=O)(=O)O)CS(=O)(=O)O)c(I)c1)C(=O)O. The van der Waals surface area contributed by atoms with Crippen molar-refractivity contribution in [2.24, 2.45) is 11.7 Å². The Morgan fingerprint density at radius 3 is 1.82 bits per heavy atom. The van der Waals surface area contributed by atoms with Gasteiger partial charge in [-0.25, -0.2) is 0 Å². The highest BCUT2D eigenvalue weighted by Gasteiger charge is 2.31. The molecular formula is C13H15I2NO10S2. The Morgan fingerprint density at radius 2 is 1.46 bits per heavy atom. The summed E-state index contributed by atoms with van der Waals surface area (Å²) in [6.45, 7) is 0. The molecule has 0 fully saturated rings. The molecule has 1 aromatic carbocycles. The Bertz CT molecular complexity index is 920. The van der Waals surface area contributed by atoms with Gasteiger partial charge in [0.2, 0.25) is 0 Å². The number of nitrogens with two attached hydrogens (primary N) is 1. The van der Waals surface area contributed by atoms with Gasteiger partial charge in [-0.05, 0) is 69.3 Å². The van der Waals surface area contributed by atoms with E-state index >= 15 is 0 Å². The Hall–Kier alpha value is -0.600. The molecule has 0 spiro atoms. The van der Waals surface area contributed by atoms with Crippen LogP contribution in [-0.4, -0.2) is 60.5 Å². The van der Waals surface area contributed by atoms with E-state index in [1.807, 2.05) is 0 Å². The zero-order valence-electron chi connectivity index (χ0n) is 13.8. The number of rotatable bonds is 9. The van der Waals surface area contributed by atoms with E-state index in [9.17, 15) is 26.4 Å². The van der Waals surface area contributed by atoms with Crippen LogP contribution in [-0.2, 0) is 36.2 Å². The number of carbonyl (C=O) groups is 2. The molecule has 1 aromatic rings. The standard InChI is InChI=1S/C13H15I2NO10S2/c14-8-1-6(3-10(16)12(17)18)2-9(15)11(8)26-13(19)7(4-27(20,21)22)5-28(23,24)25/h1-2,7,10H,3-5,16H2,(H,17,18)(H,20,21,22)(H,23,24,25). The van der Waals surface area contributed by atoms with Gasteiger partial charge in [-0.15, -0.1) is 0 Å². The third-order valence-electron chi connectivity index (χ3n) is 3.19. The first kappa shape index (κ1) is 25.4. The molecule has 11 nitrogen and oxygen atoms in total. The summed E-state index contributed by atoms with van der Waals surface area (Å²) in [5.74, 6) is -6.89. The van der Waals surface area contributed by atoms with Crippen molar-refractivity contribution in [3.63, 3.8) is 0 Å². The second kappa shape index (κ2) is 9.94. The number of hydrogen-bond donors (Lipinski definition) is 4. The number of carboxylic acid groups (broad SMARTS) is 1. The van der Waals surface area contributed by atoms with Crippen molar-refractivity contribution in [1.82, 2.24) is 0 Å². The summed E-state index contributed by atoms with van der Waals surface area (Å²) in [7, 11) is -9.46. The summed E-state index contributed by atoms with van der Waals surface area (Å²) in [4.78, 5) is 23.1. The van der Waals surface area contributed by atoms with E-state index in [1.165, 1.54) is 12.1 Å². The summed E-state index contributed by atoms with van der Waals surface area (Å²) < 4.78 is 67.7. The number of esters is 1. The van der Waals surface area contributed by atoms with E-state index in [2.05, 4.69) is 0 Å². The Morgan fingerprint density at radius 1 is 1.04 bits per heavy atom. The van der Waals surface area contributed by atoms with Crippen LogP contribution in [0, 0.1) is 13.1 Å². The fourth-order valence-corrected chi connectivity index (χ4v) is 5.84. The van der Waals surface area contributed by atoms with Crippen LogP contribution in [0.15, 0.2) is 12.1 Å². The van der Waals surface area contributed by atoms with Crippen molar-refractivity contribution >= 4 is 77.4 Å². The molecule has 0 saturated heterocycles. The van der Waals surface area contributed by atoms with Gasteiger partial charge in [0.1, 0.15) is 6.04 Å². The highest BCUT2D eigenvalue weighted by Crippen LogP contribution is 2.30. The van der Waals surface area contributed by atoms with Gasteiger partial charge in [0.15, 0.2) is 5.75 Å². The van der Waals surface area contributed by atoms with Gasteiger partial charge in [-0.3, -0.25) is 18.7 Å². The van der Waals surface area contributed by atoms with Crippen LogP contribution in [0.3, 0.4) is 0 Å². The van der Waals surface area contributed by atoms with Gasteiger partial charge < -0.3 is 15.6 Å². The first-order valence-electron chi connectivity index (χ1n) is 7.17. The van der Waals surface area contributed by atoms with Gasteiger partial charge in [-0.1, -0.05) is 0 Å². The average molecular weight is 663 g/mol. The third-order valence-corrected chi connectivity index (χ3v) is 6.44. The first-order valence-corrected chi connectivity index (χ1v) is 12.5. The molecule has 0 aliphatic carbocycles. The van der Waals surface area contributed by atoms with Gasteiger partial charge in [0.05, 0.1) is 24.6 Å². The van der Waals surface area contributed by atoms with E-state index in [-0.39, 0.29) is 12.2 Å². The summed E-state index contributed by atoms with van der Waals surface area (Å²) in [6.07, 6.45) is 0.00367. The highest BCUT2D eigenvalue weighted by atomic mass is 127. The number of carbonyl (C=O) groups excluding carboxylic acids is 1. The molecule has 0 aliphatic rings. The summed E-state index contributed by atoms with van der Waals surface area (Å²) in [5.41, 5.74) is 6.01. The van der Waals surface area contributed by atoms with E-state index in [4.69, 9.17) is 24.7 Å². The van der Waals surface area contributed by atoms with Crippen LogP contribution in [0.4, 0.5) is 0 Å². The van der Waals surface area contributed by atoms with Crippen molar-refractivity contribution in [2.75, 3.05) is 11.5 Å². The number of benzene rings is 1. The van der Waals surface area contributed by atoms with Crippen LogP contribution in [0.5, 0.6) is 5.75 Å². The van der Waals surface area contributed by atoms with E-state index in [1.54, 1.807) is 45.2 Å². The molecule has 158 valence electrons. The minimum absolute atomic E-state index is 0.00367. The predicted molar refractivity (Wildman–Crippen MR) is 113 cm³/mol. The van der Waals surface area contributed by atoms with Gasteiger partial charge >= 0.3 is 11.9 Å². The van der Waals surface area contributed by atoms with Crippen molar-refractivity contribution in [3.05, 3.63) is 24.8 Å². The van der Waals surface area contributed by atoms with Gasteiger partial charge in [-0.2, -0.15) is 16.8 Å². The number of ether oxygens (including phenoxy) is 1. The molecule has 1 atom stereocenters. The lowest BCUT2D eigenvalue weighted by molar-refractivity contribution is -0.139. The molecule has 0 amide bonds. The molecule has 1 unspecified atom stereocenters. The number of hydrogen-bond acceptors (Lipinski definition) is 8. The minimum atomic E-state index is -4.73. The Kier molecular flexibility index (Phi) is 9.03. The minimum Gasteiger partial charge on any atom is -0.480 e. The van der Waals surface area contributed by atoms with Gasteiger partial charge in [0, 0.05) is 0 Å². The number of aliphatic carboxylic acids is 1. The van der Waals surface area contributed by atoms with Crippen molar-refractivity contribution in [1.29, 1.82) is 0 Å². The van der Waals surface area contributed by atoms with Crippen LogP contribution in [0.1, 0.15) is 5.56 Å². The zero-order valence-corrected chi connectivity index (χ0v) is 19.7. The van der Waals surface area contributed by atoms with Gasteiger partial charge in [0.25, 0.3) is 20.2 Å². The average Bonchev–Trinajstić information content (AvgIpc) is 2.47. The molecule has 15 heteroatoms. The summed E-state index contributed by atoms with van der Waals surface area (Å²) in [6, 6.07) is 1.84. The Balaban J connectivity index is 3.12. The van der Waals surface area contributed by atoms with Crippen LogP contribution in [0.2, 0.25) is 0 Å². The van der Waals surface area contributed by atoms with Crippen LogP contribution in [0.25, 0.3) is 0 Å². The summed E-state index contributed by atoms with van der Waals surface area (Å²) >= 11 is 3.57. The smallest absolute Gasteiger partial charge is 0.320 e. The lowest BCUT2D eigenvalue weighted by atomic mass is 10.1. The molecule has 0 aromatic heterocycles. The molecule has 0 heterocycles. The van der Waals surface area contributed by atoms with E-state index in [0.29, 0.717) is 12.7 Å². The van der Waals surface area contributed by atoms with Crippen molar-refractivity contribution in [2.45, 2.75) is 12.5 Å². The molecule has 28 heavy (non-hydrogen) atoms. The molecule has 1 rings (SSSR count). The van der Waals surface area contributed by atoms with Crippen molar-refractivity contribution < 1.29 is 45.4 Å². The second-order valence-corrected chi connectivity index (χ2v) is 11.0. The fourth-order valence-electron chi connectivity index (χ4n) is 2.05. The molecule has 0 bridgehead atoms. The molecule has 0 aliphatic heterocycles. The van der Waals surface area contributed by atoms with E-state index in [0.717, 1.165) is 0 Å². The zero-order chi connectivity index (χ0) is 21.9. The molecule has 5 N–H and O–H groups in total. The highest BCUT2D eigenvalue weighted by molar-refractivity contribution is 14.1. The lowest BCUT2D eigenvalue weighted by Gasteiger charge is -2.16. The first-order chi connectivity index (χ1) is 12.6. The maximum absolute atomic E-state index is 12.2. The largest absolute Gasteiger partial charge is 0.480 e. The monoisotopic (exact) mass is 663 g/mol. The second-order valence-electron chi connectivity index (χ2n) is 5.65. The van der Waals surface area contributed by atoms with Crippen LogP contribution >= 0.6 is 45.2 Å². The normalized spacial score (nSPS) is 13.4. The maximum Gasteiger partial charge on any atom is 0.320 e. The van der Waals surface area contributed by atoms with Crippen molar-refractivity contribution in [3.8, 4) is 5.75 Å². The molecular weight excluding hydrogens is 648 g/mol. The number of halogens is 2. The lowest BCUT2D eigenvalue weighted by Crippen LogP contribution is -2.33. The third kappa shape index (κ3) is 8.82. The number of carboxylic acids is 1. The molecule has 0 radical (unpaired) electrons.